The van der Waals surface area contributed by atoms with E-state index in [1.165, 1.54) is 6.21 Å². The summed E-state index contributed by atoms with van der Waals surface area (Å²) in [4.78, 5) is 12.0. The molecule has 0 fully saturated rings. The van der Waals surface area contributed by atoms with E-state index in [9.17, 15) is 4.79 Å². The van der Waals surface area contributed by atoms with Gasteiger partial charge in [0.05, 0.1) is 23.4 Å². The molecule has 0 unspecified atom stereocenters. The van der Waals surface area contributed by atoms with Crippen LogP contribution in [0, 0.1) is 0 Å². The van der Waals surface area contributed by atoms with Gasteiger partial charge in [-0.05, 0) is 61.6 Å². The molecule has 0 aliphatic rings. The Bertz CT molecular complexity index is 1030. The molecule has 0 spiro atoms. The molecule has 0 radical (unpaired) electrons. The van der Waals surface area contributed by atoms with Crippen molar-refractivity contribution in [2.24, 2.45) is 5.10 Å². The van der Waals surface area contributed by atoms with Gasteiger partial charge < -0.3 is 14.5 Å². The number of benzene rings is 2. The summed E-state index contributed by atoms with van der Waals surface area (Å²) >= 11 is 11.3. The third kappa shape index (κ3) is 5.66. The molecule has 0 aliphatic carbocycles. The second-order valence-corrected chi connectivity index (χ2v) is 6.62. The highest BCUT2D eigenvalue weighted by molar-refractivity contribution is 7.80. The molecule has 2 N–H and O–H groups in total. The topological polar surface area (TPSA) is 75.9 Å². The molecule has 29 heavy (non-hydrogen) atoms. The molecule has 0 saturated heterocycles. The summed E-state index contributed by atoms with van der Waals surface area (Å²) in [5, 5.41) is 7.75. The summed E-state index contributed by atoms with van der Waals surface area (Å²) in [7, 11) is 0. The van der Waals surface area contributed by atoms with Gasteiger partial charge in [0.2, 0.25) is 0 Å². The molecule has 0 aliphatic heterocycles. The van der Waals surface area contributed by atoms with Gasteiger partial charge >= 0.3 is 5.97 Å². The van der Waals surface area contributed by atoms with Crippen molar-refractivity contribution in [1.82, 2.24) is 5.43 Å². The Morgan fingerprint density at radius 1 is 1.21 bits per heavy atom. The van der Waals surface area contributed by atoms with E-state index in [4.69, 9.17) is 33.0 Å². The van der Waals surface area contributed by atoms with Crippen molar-refractivity contribution in [2.75, 3.05) is 11.9 Å². The molecule has 1 aromatic heterocycles. The predicted molar refractivity (Wildman–Crippen MR) is 119 cm³/mol. The number of halogens is 1. The fourth-order valence-electron chi connectivity index (χ4n) is 2.46. The SMILES string of the molecule is CCOC(=O)c1cc(-c2ccc(/C=N\NC(=S)Nc3ccccc3)o2)ccc1Cl. The van der Waals surface area contributed by atoms with Crippen LogP contribution in [0.5, 0.6) is 0 Å². The monoisotopic (exact) mass is 427 g/mol. The van der Waals surface area contributed by atoms with Gasteiger partial charge in [0.25, 0.3) is 0 Å². The van der Waals surface area contributed by atoms with Crippen molar-refractivity contribution < 1.29 is 13.9 Å². The van der Waals surface area contributed by atoms with E-state index in [2.05, 4.69) is 15.8 Å². The first-order valence-electron chi connectivity index (χ1n) is 8.79. The van der Waals surface area contributed by atoms with Crippen molar-refractivity contribution in [2.45, 2.75) is 6.92 Å². The van der Waals surface area contributed by atoms with E-state index in [-0.39, 0.29) is 12.2 Å². The lowest BCUT2D eigenvalue weighted by Crippen LogP contribution is -2.23. The Morgan fingerprint density at radius 3 is 2.76 bits per heavy atom. The van der Waals surface area contributed by atoms with Gasteiger partial charge in [-0.1, -0.05) is 29.8 Å². The number of hydrazone groups is 1. The maximum absolute atomic E-state index is 12.0. The first kappa shape index (κ1) is 20.6. The lowest BCUT2D eigenvalue weighted by molar-refractivity contribution is 0.0526. The van der Waals surface area contributed by atoms with Gasteiger partial charge in [-0.15, -0.1) is 0 Å². The summed E-state index contributed by atoms with van der Waals surface area (Å²) < 4.78 is 10.8. The van der Waals surface area contributed by atoms with Crippen molar-refractivity contribution in [1.29, 1.82) is 0 Å². The minimum atomic E-state index is -0.476. The molecule has 1 heterocycles. The van der Waals surface area contributed by atoms with Crippen molar-refractivity contribution in [3.05, 3.63) is 77.0 Å². The normalized spacial score (nSPS) is 10.7. The molecule has 0 saturated carbocycles. The van der Waals surface area contributed by atoms with E-state index in [0.29, 0.717) is 27.2 Å². The number of hydrogen-bond donors (Lipinski definition) is 2. The number of para-hydroxylation sites is 1. The molecule has 6 nitrogen and oxygen atoms in total. The van der Waals surface area contributed by atoms with Gasteiger partial charge in [0.1, 0.15) is 11.5 Å². The zero-order chi connectivity index (χ0) is 20.6. The molecule has 0 amide bonds. The van der Waals surface area contributed by atoms with Crippen LogP contribution in [-0.4, -0.2) is 23.9 Å². The molecule has 8 heteroatoms. The van der Waals surface area contributed by atoms with Crippen LogP contribution < -0.4 is 10.7 Å². The van der Waals surface area contributed by atoms with Crippen LogP contribution in [0.25, 0.3) is 11.3 Å². The van der Waals surface area contributed by atoms with Crippen LogP contribution in [0.3, 0.4) is 0 Å². The smallest absolute Gasteiger partial charge is 0.339 e. The predicted octanol–water partition coefficient (Wildman–Crippen LogP) is 5.10. The molecule has 3 rings (SSSR count). The number of hydrogen-bond acceptors (Lipinski definition) is 5. The first-order valence-corrected chi connectivity index (χ1v) is 9.57. The Balaban J connectivity index is 1.65. The summed E-state index contributed by atoms with van der Waals surface area (Å²) in [6.45, 7) is 2.01. The van der Waals surface area contributed by atoms with Gasteiger partial charge in [-0.3, -0.25) is 5.43 Å². The second-order valence-electron chi connectivity index (χ2n) is 5.81. The Kier molecular flexibility index (Phi) is 6.99. The largest absolute Gasteiger partial charge is 0.462 e. The van der Waals surface area contributed by atoms with E-state index in [1.807, 2.05) is 30.3 Å². The number of thiocarbonyl (C=S) groups is 1. The lowest BCUT2D eigenvalue weighted by Gasteiger charge is -2.06. The van der Waals surface area contributed by atoms with Crippen molar-refractivity contribution >= 4 is 46.8 Å². The number of carbonyl (C=O) groups is 1. The number of anilines is 1. The Morgan fingerprint density at radius 2 is 2.00 bits per heavy atom. The zero-order valence-corrected chi connectivity index (χ0v) is 17.1. The first-order chi connectivity index (χ1) is 14.1. The highest BCUT2D eigenvalue weighted by atomic mass is 35.5. The second kappa shape index (κ2) is 9.86. The third-order valence-electron chi connectivity index (χ3n) is 3.76. The minimum Gasteiger partial charge on any atom is -0.462 e. The van der Waals surface area contributed by atoms with Gasteiger partial charge in [-0.25, -0.2) is 4.79 Å². The molecule has 0 atom stereocenters. The van der Waals surface area contributed by atoms with Gasteiger partial charge in [0.15, 0.2) is 5.11 Å². The van der Waals surface area contributed by atoms with Crippen molar-refractivity contribution in [3.8, 4) is 11.3 Å². The van der Waals surface area contributed by atoms with E-state index in [1.54, 1.807) is 37.3 Å². The summed E-state index contributed by atoms with van der Waals surface area (Å²) in [5.74, 6) is 0.609. The number of furan rings is 1. The minimum absolute atomic E-state index is 0.273. The number of esters is 1. The highest BCUT2D eigenvalue weighted by Crippen LogP contribution is 2.27. The third-order valence-corrected chi connectivity index (χ3v) is 4.29. The fraction of sp³-hybridized carbons (Fsp3) is 0.0952. The summed E-state index contributed by atoms with van der Waals surface area (Å²) in [6.07, 6.45) is 1.50. The number of nitrogens with one attached hydrogen (secondary N) is 2. The van der Waals surface area contributed by atoms with Crippen LogP contribution in [0.4, 0.5) is 5.69 Å². The fourth-order valence-corrected chi connectivity index (χ4v) is 2.82. The molecular formula is C21H18ClN3O3S. The van der Waals surface area contributed by atoms with Gasteiger partial charge in [0, 0.05) is 11.3 Å². The van der Waals surface area contributed by atoms with Crippen LogP contribution in [0.2, 0.25) is 5.02 Å². The molecule has 2 aromatic carbocycles. The number of rotatable bonds is 6. The Labute approximate surface area is 178 Å². The number of nitrogens with zero attached hydrogens (tertiary/aromatic N) is 1. The molecular weight excluding hydrogens is 410 g/mol. The number of carbonyl (C=O) groups excluding carboxylic acids is 1. The molecule has 0 bridgehead atoms. The average molecular weight is 428 g/mol. The number of ether oxygens (including phenoxy) is 1. The maximum atomic E-state index is 12.0. The van der Waals surface area contributed by atoms with E-state index < -0.39 is 5.97 Å². The van der Waals surface area contributed by atoms with E-state index >= 15 is 0 Å². The standard InChI is InChI=1S/C21H18ClN3O3S/c1-2-27-20(26)17-12-14(8-10-18(17)22)19-11-9-16(28-19)13-23-25-21(29)24-15-6-4-3-5-7-15/h3-13H,2H2,1H3,(H2,24,25,29)/b23-13-. The van der Waals surface area contributed by atoms with Gasteiger partial charge in [-0.2, -0.15) is 5.10 Å². The molecule has 3 aromatic rings. The Hall–Kier alpha value is -3.16. The lowest BCUT2D eigenvalue weighted by atomic mass is 10.1. The van der Waals surface area contributed by atoms with E-state index in [0.717, 1.165) is 5.69 Å². The van der Waals surface area contributed by atoms with Crippen LogP contribution in [0.15, 0.2) is 70.2 Å². The van der Waals surface area contributed by atoms with Crippen LogP contribution in [-0.2, 0) is 4.74 Å². The summed E-state index contributed by atoms with van der Waals surface area (Å²) in [5.41, 5.74) is 4.58. The highest BCUT2D eigenvalue weighted by Gasteiger charge is 2.14. The zero-order valence-electron chi connectivity index (χ0n) is 15.5. The quantitative estimate of drug-likeness (QED) is 0.247. The van der Waals surface area contributed by atoms with Crippen molar-refractivity contribution in [3.63, 3.8) is 0 Å². The van der Waals surface area contributed by atoms with Crippen LogP contribution >= 0.6 is 23.8 Å². The van der Waals surface area contributed by atoms with Crippen LogP contribution in [0.1, 0.15) is 23.0 Å². The maximum Gasteiger partial charge on any atom is 0.339 e. The summed E-state index contributed by atoms with van der Waals surface area (Å²) in [6, 6.07) is 18.1. The molecule has 148 valence electrons. The average Bonchev–Trinajstić information content (AvgIpc) is 3.18.